The van der Waals surface area contributed by atoms with E-state index in [1.54, 1.807) is 18.4 Å². The molecule has 0 aliphatic heterocycles. The van der Waals surface area contributed by atoms with Gasteiger partial charge in [0.15, 0.2) is 0 Å². The summed E-state index contributed by atoms with van der Waals surface area (Å²) in [5.74, 6) is 0. The van der Waals surface area contributed by atoms with Gasteiger partial charge < -0.3 is 9.30 Å². The highest BCUT2D eigenvalue weighted by atomic mass is 32.1. The van der Waals surface area contributed by atoms with E-state index in [0.29, 0.717) is 12.6 Å². The summed E-state index contributed by atoms with van der Waals surface area (Å²) in [5, 5.41) is 3.26. The van der Waals surface area contributed by atoms with Crippen LogP contribution >= 0.6 is 11.3 Å². The fraction of sp³-hybridized carbons (Fsp3) is 0.571. The van der Waals surface area contributed by atoms with Crippen LogP contribution in [0.15, 0.2) is 17.9 Å². The lowest BCUT2D eigenvalue weighted by Gasteiger charge is -2.23. The first-order valence-corrected chi connectivity index (χ1v) is 7.60. The van der Waals surface area contributed by atoms with E-state index in [2.05, 4.69) is 38.8 Å². The number of hydrogen-bond acceptors (Lipinski definition) is 5. The Kier molecular flexibility index (Phi) is 5.28. The number of aromatic nitrogens is 3. The number of thiazole rings is 1. The van der Waals surface area contributed by atoms with Crippen LogP contribution in [-0.4, -0.2) is 40.2 Å². The van der Waals surface area contributed by atoms with Crippen LogP contribution in [0, 0.1) is 6.92 Å². The summed E-state index contributed by atoms with van der Waals surface area (Å²) in [5.41, 5.74) is 2.29. The average Bonchev–Trinajstić information content (AvgIpc) is 3.04. The summed E-state index contributed by atoms with van der Waals surface area (Å²) in [6, 6.07) is 0.305. The highest BCUT2D eigenvalue weighted by Gasteiger charge is 2.16. The fourth-order valence-corrected chi connectivity index (χ4v) is 2.93. The van der Waals surface area contributed by atoms with E-state index in [-0.39, 0.29) is 0 Å². The lowest BCUT2D eigenvalue weighted by molar-refractivity contribution is 0.183. The van der Waals surface area contributed by atoms with Crippen LogP contribution in [-0.2, 0) is 17.8 Å². The van der Waals surface area contributed by atoms with Crippen molar-refractivity contribution in [2.24, 2.45) is 0 Å². The largest absolute Gasteiger partial charge is 0.383 e. The molecule has 5 nitrogen and oxygen atoms in total. The zero-order valence-electron chi connectivity index (χ0n) is 12.5. The van der Waals surface area contributed by atoms with Crippen molar-refractivity contribution in [1.29, 1.82) is 0 Å². The topological polar surface area (TPSA) is 43.2 Å². The molecule has 6 heteroatoms. The van der Waals surface area contributed by atoms with Gasteiger partial charge in [0.05, 0.1) is 24.7 Å². The highest BCUT2D eigenvalue weighted by molar-refractivity contribution is 7.09. The molecule has 0 N–H and O–H groups in total. The summed E-state index contributed by atoms with van der Waals surface area (Å²) in [6.07, 6.45) is 3.78. The smallest absolute Gasteiger partial charge is 0.110 e. The van der Waals surface area contributed by atoms with Gasteiger partial charge in [-0.25, -0.2) is 9.97 Å². The number of imidazole rings is 1. The molecule has 0 aliphatic carbocycles. The van der Waals surface area contributed by atoms with Gasteiger partial charge in [0.2, 0.25) is 0 Å². The molecule has 110 valence electrons. The molecule has 1 atom stereocenters. The average molecular weight is 294 g/mol. The molecule has 2 aromatic heterocycles. The molecule has 0 spiro atoms. The minimum Gasteiger partial charge on any atom is -0.383 e. The van der Waals surface area contributed by atoms with Gasteiger partial charge in [-0.05, 0) is 20.9 Å². The number of hydrogen-bond donors (Lipinski definition) is 0. The maximum atomic E-state index is 5.12. The molecule has 2 rings (SSSR count). The van der Waals surface area contributed by atoms with Gasteiger partial charge in [0.25, 0.3) is 0 Å². The van der Waals surface area contributed by atoms with Crippen LogP contribution in [0.2, 0.25) is 0 Å². The number of nitrogens with zero attached hydrogens (tertiary/aromatic N) is 4. The molecule has 2 heterocycles. The molecule has 2 aromatic rings. The van der Waals surface area contributed by atoms with Crippen LogP contribution in [0.1, 0.15) is 29.4 Å². The molecule has 20 heavy (non-hydrogen) atoms. The first kappa shape index (κ1) is 15.2. The van der Waals surface area contributed by atoms with Crippen LogP contribution in [0.25, 0.3) is 0 Å². The van der Waals surface area contributed by atoms with Gasteiger partial charge in [0.1, 0.15) is 5.01 Å². The molecule has 1 unspecified atom stereocenters. The van der Waals surface area contributed by atoms with Crippen LogP contribution < -0.4 is 0 Å². The lowest BCUT2D eigenvalue weighted by atomic mass is 10.3. The van der Waals surface area contributed by atoms with E-state index in [0.717, 1.165) is 23.8 Å². The molecule has 0 fully saturated rings. The summed E-state index contributed by atoms with van der Waals surface area (Å²) in [6.45, 7) is 6.61. The first-order chi connectivity index (χ1) is 9.61. The minimum absolute atomic E-state index is 0.305. The van der Waals surface area contributed by atoms with Gasteiger partial charge in [-0.15, -0.1) is 11.3 Å². The molecule has 0 saturated heterocycles. The quantitative estimate of drug-likeness (QED) is 0.787. The van der Waals surface area contributed by atoms with E-state index in [1.807, 2.05) is 19.4 Å². The van der Waals surface area contributed by atoms with Crippen molar-refractivity contribution in [3.05, 3.63) is 34.3 Å². The van der Waals surface area contributed by atoms with Gasteiger partial charge in [-0.2, -0.15) is 0 Å². The summed E-state index contributed by atoms with van der Waals surface area (Å²) >= 11 is 1.72. The van der Waals surface area contributed by atoms with Crippen molar-refractivity contribution in [2.45, 2.75) is 33.0 Å². The Morgan fingerprint density at radius 2 is 2.30 bits per heavy atom. The minimum atomic E-state index is 0.305. The maximum Gasteiger partial charge on any atom is 0.110 e. The van der Waals surface area contributed by atoms with E-state index >= 15 is 0 Å². The van der Waals surface area contributed by atoms with Crippen molar-refractivity contribution in [2.75, 3.05) is 20.8 Å². The predicted molar refractivity (Wildman–Crippen MR) is 80.8 cm³/mol. The Balaban J connectivity index is 2.00. The number of aryl methyl sites for hydroxylation is 1. The standard InChI is InChI=1S/C14H22N4OS/c1-11-9-20-14(16-11)12(2)17(3)8-13-7-15-10-18(13)5-6-19-4/h7,9-10,12H,5-6,8H2,1-4H3. The Bertz CT molecular complexity index is 537. The van der Waals surface area contributed by atoms with Gasteiger partial charge >= 0.3 is 0 Å². The summed E-state index contributed by atoms with van der Waals surface area (Å²) in [4.78, 5) is 11.1. The van der Waals surface area contributed by atoms with E-state index in [4.69, 9.17) is 4.74 Å². The SMILES string of the molecule is COCCn1cncc1CN(C)C(C)c1nc(C)cs1. The van der Waals surface area contributed by atoms with Gasteiger partial charge in [-0.3, -0.25) is 4.90 Å². The lowest BCUT2D eigenvalue weighted by Crippen LogP contribution is -2.23. The molecule has 0 saturated carbocycles. The van der Waals surface area contributed by atoms with Crippen molar-refractivity contribution >= 4 is 11.3 Å². The highest BCUT2D eigenvalue weighted by Crippen LogP contribution is 2.23. The summed E-state index contributed by atoms with van der Waals surface area (Å²) < 4.78 is 7.26. The van der Waals surface area contributed by atoms with Crippen molar-refractivity contribution in [3.63, 3.8) is 0 Å². The monoisotopic (exact) mass is 294 g/mol. The number of rotatable bonds is 7. The van der Waals surface area contributed by atoms with Crippen LogP contribution in [0.5, 0.6) is 0 Å². The molecule has 0 aromatic carbocycles. The van der Waals surface area contributed by atoms with Gasteiger partial charge in [0, 0.05) is 37.5 Å². The number of methoxy groups -OCH3 is 1. The second kappa shape index (κ2) is 6.97. The molecule has 0 bridgehead atoms. The third-order valence-electron chi connectivity index (χ3n) is 3.40. The molecule has 0 amide bonds. The number of ether oxygens (including phenoxy) is 1. The van der Waals surface area contributed by atoms with Crippen LogP contribution in [0.4, 0.5) is 0 Å². The first-order valence-electron chi connectivity index (χ1n) is 6.72. The summed E-state index contributed by atoms with van der Waals surface area (Å²) in [7, 11) is 3.84. The Labute approximate surface area is 124 Å². The second-order valence-corrected chi connectivity index (χ2v) is 5.88. The van der Waals surface area contributed by atoms with E-state index in [1.165, 1.54) is 5.69 Å². The normalized spacial score (nSPS) is 13.1. The van der Waals surface area contributed by atoms with Crippen molar-refractivity contribution < 1.29 is 4.74 Å². The second-order valence-electron chi connectivity index (χ2n) is 4.99. The molecule has 0 aliphatic rings. The van der Waals surface area contributed by atoms with E-state index < -0.39 is 0 Å². The molecular weight excluding hydrogens is 272 g/mol. The van der Waals surface area contributed by atoms with Crippen LogP contribution in [0.3, 0.4) is 0 Å². The van der Waals surface area contributed by atoms with Crippen molar-refractivity contribution in [3.8, 4) is 0 Å². The fourth-order valence-electron chi connectivity index (χ4n) is 2.02. The van der Waals surface area contributed by atoms with Crippen molar-refractivity contribution in [1.82, 2.24) is 19.4 Å². The maximum absolute atomic E-state index is 5.12. The molecule has 0 radical (unpaired) electrons. The third-order valence-corrected chi connectivity index (χ3v) is 4.53. The zero-order chi connectivity index (χ0) is 14.5. The molecular formula is C14H22N4OS. The predicted octanol–water partition coefficient (Wildman–Crippen LogP) is 2.49. The Hall–Kier alpha value is -1.24. The van der Waals surface area contributed by atoms with Gasteiger partial charge in [-0.1, -0.05) is 0 Å². The Morgan fingerprint density at radius 1 is 1.50 bits per heavy atom. The zero-order valence-corrected chi connectivity index (χ0v) is 13.4. The van der Waals surface area contributed by atoms with E-state index in [9.17, 15) is 0 Å². The third kappa shape index (κ3) is 3.65. The Morgan fingerprint density at radius 3 is 2.95 bits per heavy atom.